The lowest BCUT2D eigenvalue weighted by molar-refractivity contribution is -0.0213. The van der Waals surface area contributed by atoms with E-state index < -0.39 is 6.17 Å². The Balaban J connectivity index is 1.97. The zero-order valence-corrected chi connectivity index (χ0v) is 11.0. The van der Waals surface area contributed by atoms with E-state index in [1.807, 2.05) is 43.3 Å². The summed E-state index contributed by atoms with van der Waals surface area (Å²) < 4.78 is 13.5. The molecule has 0 bridgehead atoms. The van der Waals surface area contributed by atoms with Crippen LogP contribution in [0.25, 0.3) is 0 Å². The summed E-state index contributed by atoms with van der Waals surface area (Å²) in [5.74, 6) is 0. The Hall–Kier alpha value is -1.67. The minimum absolute atomic E-state index is 0.00888. The molecule has 1 heterocycles. The van der Waals surface area contributed by atoms with E-state index >= 15 is 0 Å². The van der Waals surface area contributed by atoms with Crippen LogP contribution in [-0.4, -0.2) is 23.7 Å². The largest absolute Gasteiger partial charge is 0.284 e. The van der Waals surface area contributed by atoms with Gasteiger partial charge in [-0.1, -0.05) is 60.7 Å². The molecule has 0 saturated carbocycles. The minimum atomic E-state index is -0.699. The van der Waals surface area contributed by atoms with Crippen LogP contribution < -0.4 is 0 Å². The zero-order chi connectivity index (χ0) is 13.2. The van der Waals surface area contributed by atoms with Crippen molar-refractivity contribution < 1.29 is 4.39 Å². The summed E-state index contributed by atoms with van der Waals surface area (Å²) in [6.45, 7) is 2.49. The first-order valence-corrected chi connectivity index (χ1v) is 6.77. The van der Waals surface area contributed by atoms with Crippen molar-refractivity contribution in [3.63, 3.8) is 0 Å². The molecular formula is C17H18FN. The number of rotatable bonds is 3. The van der Waals surface area contributed by atoms with Gasteiger partial charge in [-0.2, -0.15) is 0 Å². The average molecular weight is 255 g/mol. The molecule has 1 saturated heterocycles. The number of likely N-dealkylation sites (tertiary alicyclic amines) is 1. The van der Waals surface area contributed by atoms with Gasteiger partial charge < -0.3 is 0 Å². The number of halogens is 1. The number of nitrogens with zero attached hydrogens (tertiary/aromatic N) is 1. The summed E-state index contributed by atoms with van der Waals surface area (Å²) in [4.78, 5) is 2.23. The molecule has 19 heavy (non-hydrogen) atoms. The van der Waals surface area contributed by atoms with Crippen LogP contribution in [0.1, 0.15) is 24.1 Å². The molecule has 3 rings (SSSR count). The number of alkyl halides is 1. The van der Waals surface area contributed by atoms with E-state index in [1.165, 1.54) is 11.1 Å². The lowest BCUT2D eigenvalue weighted by Gasteiger charge is -2.47. The van der Waals surface area contributed by atoms with Gasteiger partial charge in [-0.25, -0.2) is 4.39 Å². The van der Waals surface area contributed by atoms with Gasteiger partial charge in [-0.05, 0) is 18.1 Å². The SMILES string of the molecule is CC1C(F)CN1C(c1ccccc1)c1ccccc1. The maximum Gasteiger partial charge on any atom is 0.128 e. The van der Waals surface area contributed by atoms with Gasteiger partial charge in [-0.15, -0.1) is 0 Å². The third-order valence-corrected chi connectivity index (χ3v) is 3.99. The topological polar surface area (TPSA) is 3.24 Å². The monoisotopic (exact) mass is 255 g/mol. The maximum absolute atomic E-state index is 13.5. The Morgan fingerprint density at radius 2 is 1.42 bits per heavy atom. The van der Waals surface area contributed by atoms with E-state index in [0.29, 0.717) is 6.54 Å². The molecular weight excluding hydrogens is 237 g/mol. The molecule has 2 heteroatoms. The summed E-state index contributed by atoms with van der Waals surface area (Å²) in [6, 6.07) is 20.8. The number of benzene rings is 2. The molecule has 1 nitrogen and oxygen atoms in total. The van der Waals surface area contributed by atoms with E-state index in [4.69, 9.17) is 0 Å². The van der Waals surface area contributed by atoms with Crippen LogP contribution in [0, 0.1) is 0 Å². The molecule has 2 atom stereocenters. The van der Waals surface area contributed by atoms with Crippen molar-refractivity contribution in [3.8, 4) is 0 Å². The molecule has 0 N–H and O–H groups in total. The molecule has 0 amide bonds. The maximum atomic E-state index is 13.5. The van der Waals surface area contributed by atoms with Crippen molar-refractivity contribution in [1.29, 1.82) is 0 Å². The van der Waals surface area contributed by atoms with Gasteiger partial charge in [0.1, 0.15) is 6.17 Å². The van der Waals surface area contributed by atoms with Gasteiger partial charge >= 0.3 is 0 Å². The molecule has 0 spiro atoms. The fraction of sp³-hybridized carbons (Fsp3) is 0.294. The Morgan fingerprint density at radius 3 is 1.79 bits per heavy atom. The highest BCUT2D eigenvalue weighted by Crippen LogP contribution is 2.36. The summed E-state index contributed by atoms with van der Waals surface area (Å²) >= 11 is 0. The molecule has 2 unspecified atom stereocenters. The van der Waals surface area contributed by atoms with E-state index in [0.717, 1.165) is 0 Å². The highest BCUT2D eigenvalue weighted by molar-refractivity contribution is 5.32. The van der Waals surface area contributed by atoms with Crippen LogP contribution >= 0.6 is 0 Å². The first-order chi connectivity index (χ1) is 9.27. The standard InChI is InChI=1S/C17H18FN/c1-13-16(18)12-19(13)17(14-8-4-2-5-9-14)15-10-6-3-7-11-15/h2-11,13,16-17H,12H2,1H3. The van der Waals surface area contributed by atoms with Gasteiger partial charge in [-0.3, -0.25) is 4.90 Å². The van der Waals surface area contributed by atoms with Crippen molar-refractivity contribution in [1.82, 2.24) is 4.90 Å². The Bertz CT molecular complexity index is 486. The van der Waals surface area contributed by atoms with Crippen molar-refractivity contribution in [2.75, 3.05) is 6.54 Å². The summed E-state index contributed by atoms with van der Waals surface area (Å²) in [6.07, 6.45) is -0.699. The van der Waals surface area contributed by atoms with Crippen molar-refractivity contribution in [3.05, 3.63) is 71.8 Å². The van der Waals surface area contributed by atoms with E-state index in [2.05, 4.69) is 29.2 Å². The highest BCUT2D eigenvalue weighted by atomic mass is 19.1. The van der Waals surface area contributed by atoms with Gasteiger partial charge in [0.25, 0.3) is 0 Å². The molecule has 0 aromatic heterocycles. The van der Waals surface area contributed by atoms with Crippen LogP contribution in [0.15, 0.2) is 60.7 Å². The second-order valence-electron chi connectivity index (χ2n) is 5.18. The Labute approximate surface area is 113 Å². The van der Waals surface area contributed by atoms with Crippen LogP contribution in [0.4, 0.5) is 4.39 Å². The lowest BCUT2D eigenvalue weighted by Crippen LogP contribution is -2.57. The van der Waals surface area contributed by atoms with Gasteiger partial charge in [0.15, 0.2) is 0 Å². The minimum Gasteiger partial charge on any atom is -0.284 e. The molecule has 1 fully saturated rings. The first-order valence-electron chi connectivity index (χ1n) is 6.77. The fourth-order valence-corrected chi connectivity index (χ4v) is 2.78. The predicted octanol–water partition coefficient (Wildman–Crippen LogP) is 3.82. The van der Waals surface area contributed by atoms with Crippen molar-refractivity contribution in [2.45, 2.75) is 25.2 Å². The van der Waals surface area contributed by atoms with E-state index in [-0.39, 0.29) is 12.1 Å². The second-order valence-corrected chi connectivity index (χ2v) is 5.18. The Kier molecular flexibility index (Phi) is 3.34. The van der Waals surface area contributed by atoms with Crippen LogP contribution in [0.2, 0.25) is 0 Å². The molecule has 2 aromatic rings. The normalized spacial score (nSPS) is 23.3. The summed E-state index contributed by atoms with van der Waals surface area (Å²) in [7, 11) is 0. The molecule has 1 aliphatic heterocycles. The van der Waals surface area contributed by atoms with Crippen molar-refractivity contribution in [2.24, 2.45) is 0 Å². The molecule has 0 radical (unpaired) electrons. The molecule has 98 valence electrons. The second kappa shape index (κ2) is 5.14. The quantitative estimate of drug-likeness (QED) is 0.806. The van der Waals surface area contributed by atoms with Crippen LogP contribution in [0.3, 0.4) is 0 Å². The fourth-order valence-electron chi connectivity index (χ4n) is 2.78. The van der Waals surface area contributed by atoms with Gasteiger partial charge in [0, 0.05) is 12.6 Å². The zero-order valence-electron chi connectivity index (χ0n) is 11.0. The average Bonchev–Trinajstić information content (AvgIpc) is 2.49. The Morgan fingerprint density at radius 1 is 0.947 bits per heavy atom. The molecule has 2 aromatic carbocycles. The third-order valence-electron chi connectivity index (χ3n) is 3.99. The molecule has 0 aliphatic carbocycles. The van der Waals surface area contributed by atoms with E-state index in [9.17, 15) is 4.39 Å². The third kappa shape index (κ3) is 2.28. The number of hydrogen-bond donors (Lipinski definition) is 0. The first kappa shape index (κ1) is 12.4. The van der Waals surface area contributed by atoms with Crippen LogP contribution in [-0.2, 0) is 0 Å². The van der Waals surface area contributed by atoms with Crippen molar-refractivity contribution >= 4 is 0 Å². The summed E-state index contributed by atoms with van der Waals surface area (Å²) in [5.41, 5.74) is 2.46. The van der Waals surface area contributed by atoms with Crippen LogP contribution in [0.5, 0.6) is 0 Å². The van der Waals surface area contributed by atoms with Gasteiger partial charge in [0.05, 0.1) is 6.04 Å². The highest BCUT2D eigenvalue weighted by Gasteiger charge is 2.40. The van der Waals surface area contributed by atoms with E-state index in [1.54, 1.807) is 0 Å². The predicted molar refractivity (Wildman–Crippen MR) is 75.8 cm³/mol. The lowest BCUT2D eigenvalue weighted by atomic mass is 9.90. The van der Waals surface area contributed by atoms with Gasteiger partial charge in [0.2, 0.25) is 0 Å². The summed E-state index contributed by atoms with van der Waals surface area (Å²) in [5, 5.41) is 0. The molecule has 1 aliphatic rings. The smallest absolute Gasteiger partial charge is 0.128 e. The number of hydrogen-bond acceptors (Lipinski definition) is 1.